The number of benzene rings is 1. The number of sulfonamides is 1. The van der Waals surface area contributed by atoms with Crippen molar-refractivity contribution in [2.24, 2.45) is 0 Å². The number of rotatable bonds is 7. The van der Waals surface area contributed by atoms with Gasteiger partial charge in [-0.2, -0.15) is 13.2 Å². The highest BCUT2D eigenvalue weighted by Crippen LogP contribution is 2.45. The maximum absolute atomic E-state index is 15.0. The third-order valence-electron chi connectivity index (χ3n) is 7.38. The highest BCUT2D eigenvalue weighted by atomic mass is 35.5. The molecule has 2 aromatic rings. The molecule has 0 spiro atoms. The molecule has 3 atom stereocenters. The van der Waals surface area contributed by atoms with Crippen LogP contribution in [0.2, 0.25) is 5.02 Å². The standard InChI is InChI=1S/C25H26ClF4N3O4S/c1-38(35,36)32-23(34)20-10-19(13-2-3-13)14(6-22(20)27)12-33-16-4-5-17(33)9-18(8-16)37-24-21(26)7-15(11-31-24)25(28,29)30/h6-7,10-11,13,16-18H,2-5,8-9,12H2,1H3,(H,32,34)/t16-,17?,18+/m0/s1. The summed E-state index contributed by atoms with van der Waals surface area (Å²) in [6, 6.07) is 3.85. The number of nitrogens with zero attached hydrogens (tertiary/aromatic N) is 2. The van der Waals surface area contributed by atoms with E-state index < -0.39 is 33.5 Å². The van der Waals surface area contributed by atoms with Crippen LogP contribution in [0, 0.1) is 5.82 Å². The number of hydrogen-bond acceptors (Lipinski definition) is 6. The third kappa shape index (κ3) is 5.91. The molecule has 1 aromatic heterocycles. The van der Waals surface area contributed by atoms with Crippen LogP contribution in [0.4, 0.5) is 17.6 Å². The third-order valence-corrected chi connectivity index (χ3v) is 8.20. The summed E-state index contributed by atoms with van der Waals surface area (Å²) in [6.45, 7) is 0.470. The lowest BCUT2D eigenvalue weighted by Gasteiger charge is -2.39. The number of piperidine rings is 1. The van der Waals surface area contributed by atoms with Crippen LogP contribution in [0.5, 0.6) is 5.88 Å². The second kappa shape index (κ2) is 9.95. The molecule has 1 N–H and O–H groups in total. The molecule has 3 fully saturated rings. The first kappa shape index (κ1) is 27.1. The summed E-state index contributed by atoms with van der Waals surface area (Å²) in [5.41, 5.74) is 0.383. The van der Waals surface area contributed by atoms with E-state index in [4.69, 9.17) is 16.3 Å². The maximum atomic E-state index is 15.0. The van der Waals surface area contributed by atoms with Crippen molar-refractivity contribution in [3.05, 3.63) is 57.5 Å². The fraction of sp³-hybridized carbons (Fsp3) is 0.520. The second-order valence-corrected chi connectivity index (χ2v) is 12.4. The molecule has 1 saturated carbocycles. The van der Waals surface area contributed by atoms with Crippen molar-refractivity contribution in [3.8, 4) is 5.88 Å². The molecule has 7 nitrogen and oxygen atoms in total. The first-order valence-corrected chi connectivity index (χ1v) is 14.5. The van der Waals surface area contributed by atoms with Crippen molar-refractivity contribution in [2.45, 2.75) is 75.4 Å². The average molecular weight is 576 g/mol. The Kier molecular flexibility index (Phi) is 7.10. The van der Waals surface area contributed by atoms with E-state index in [1.54, 1.807) is 0 Å². The van der Waals surface area contributed by atoms with Gasteiger partial charge in [0.15, 0.2) is 0 Å². The SMILES string of the molecule is CS(=O)(=O)NC(=O)c1cc(C2CC2)c(CN2C3CC[C@H]2C[C@@H](Oc2ncc(C(F)(F)F)cc2Cl)C3)cc1F. The molecule has 38 heavy (non-hydrogen) atoms. The summed E-state index contributed by atoms with van der Waals surface area (Å²) >= 11 is 6.02. The van der Waals surface area contributed by atoms with Crippen LogP contribution >= 0.6 is 11.6 Å². The summed E-state index contributed by atoms with van der Waals surface area (Å²) in [5, 5.41) is -0.195. The Hall–Kier alpha value is -2.44. The first-order valence-electron chi connectivity index (χ1n) is 12.3. The van der Waals surface area contributed by atoms with Gasteiger partial charge in [-0.1, -0.05) is 11.6 Å². The van der Waals surface area contributed by atoms with Crippen molar-refractivity contribution < 1.29 is 35.5 Å². The quantitative estimate of drug-likeness (QED) is 0.466. The second-order valence-electron chi connectivity index (χ2n) is 10.3. The van der Waals surface area contributed by atoms with Gasteiger partial charge >= 0.3 is 6.18 Å². The minimum atomic E-state index is -4.55. The normalized spacial score (nSPS) is 23.9. The number of nitrogens with one attached hydrogen (secondary N) is 1. The molecule has 13 heteroatoms. The lowest BCUT2D eigenvalue weighted by molar-refractivity contribution is -0.137. The Balaban J connectivity index is 1.30. The van der Waals surface area contributed by atoms with Crippen molar-refractivity contribution >= 4 is 27.5 Å². The van der Waals surface area contributed by atoms with Gasteiger partial charge in [0.1, 0.15) is 16.9 Å². The maximum Gasteiger partial charge on any atom is 0.417 e. The molecule has 3 heterocycles. The Morgan fingerprint density at radius 2 is 1.82 bits per heavy atom. The van der Waals surface area contributed by atoms with E-state index >= 15 is 0 Å². The summed E-state index contributed by atoms with van der Waals surface area (Å²) in [7, 11) is -3.83. The van der Waals surface area contributed by atoms with Gasteiger partial charge in [-0.25, -0.2) is 22.5 Å². The summed E-state index contributed by atoms with van der Waals surface area (Å²) in [6.07, 6.45) is 1.58. The zero-order valence-electron chi connectivity index (χ0n) is 20.4. The molecule has 5 rings (SSSR count). The molecule has 1 aliphatic carbocycles. The highest BCUT2D eigenvalue weighted by Gasteiger charge is 2.43. The molecule has 206 valence electrons. The molecule has 1 amide bonds. The number of ether oxygens (including phenoxy) is 1. The minimum absolute atomic E-state index is 0.0291. The van der Waals surface area contributed by atoms with Gasteiger partial charge in [-0.05, 0) is 73.8 Å². The van der Waals surface area contributed by atoms with E-state index in [9.17, 15) is 30.8 Å². The van der Waals surface area contributed by atoms with Gasteiger partial charge in [0.25, 0.3) is 5.91 Å². The smallest absolute Gasteiger partial charge is 0.417 e. The molecule has 0 radical (unpaired) electrons. The molecule has 2 aliphatic heterocycles. The number of pyridine rings is 1. The zero-order valence-corrected chi connectivity index (χ0v) is 22.0. The summed E-state index contributed by atoms with van der Waals surface area (Å²) in [4.78, 5) is 18.4. The van der Waals surface area contributed by atoms with Crippen LogP contribution in [0.1, 0.15) is 71.5 Å². The number of alkyl halides is 3. The molecule has 2 bridgehead atoms. The Bertz CT molecular complexity index is 1350. The number of fused-ring (bicyclic) bond motifs is 2. The topological polar surface area (TPSA) is 88.6 Å². The predicted octanol–water partition coefficient (Wildman–Crippen LogP) is 5.03. The lowest BCUT2D eigenvalue weighted by atomic mass is 9.95. The largest absolute Gasteiger partial charge is 0.473 e. The van der Waals surface area contributed by atoms with Crippen LogP contribution in [0.3, 0.4) is 0 Å². The van der Waals surface area contributed by atoms with Crippen LogP contribution in [-0.4, -0.2) is 48.7 Å². The molecule has 1 unspecified atom stereocenters. The van der Waals surface area contributed by atoms with Gasteiger partial charge in [0, 0.05) is 24.8 Å². The van der Waals surface area contributed by atoms with E-state index in [1.165, 1.54) is 12.1 Å². The van der Waals surface area contributed by atoms with E-state index in [0.29, 0.717) is 25.6 Å². The van der Waals surface area contributed by atoms with Gasteiger partial charge < -0.3 is 4.74 Å². The number of hydrogen-bond donors (Lipinski definition) is 1. The van der Waals surface area contributed by atoms with E-state index in [-0.39, 0.29) is 40.6 Å². The molecular weight excluding hydrogens is 550 g/mol. The van der Waals surface area contributed by atoms with Crippen molar-refractivity contribution in [1.29, 1.82) is 0 Å². The van der Waals surface area contributed by atoms with Crippen LogP contribution in [0.25, 0.3) is 0 Å². The lowest BCUT2D eigenvalue weighted by Crippen LogP contribution is -2.46. The average Bonchev–Trinajstić information content (AvgIpc) is 3.60. The van der Waals surface area contributed by atoms with Crippen molar-refractivity contribution in [3.63, 3.8) is 0 Å². The fourth-order valence-corrected chi connectivity index (χ4v) is 6.20. The van der Waals surface area contributed by atoms with Crippen molar-refractivity contribution in [1.82, 2.24) is 14.6 Å². The number of amides is 1. The van der Waals surface area contributed by atoms with E-state index in [0.717, 1.165) is 49.1 Å². The summed E-state index contributed by atoms with van der Waals surface area (Å²) in [5.74, 6) is -1.61. The van der Waals surface area contributed by atoms with Gasteiger partial charge in [0.05, 0.1) is 17.4 Å². The van der Waals surface area contributed by atoms with Crippen molar-refractivity contribution in [2.75, 3.05) is 6.26 Å². The predicted molar refractivity (Wildman–Crippen MR) is 131 cm³/mol. The molecule has 1 aromatic carbocycles. The minimum Gasteiger partial charge on any atom is -0.473 e. The van der Waals surface area contributed by atoms with Gasteiger partial charge in [-0.15, -0.1) is 0 Å². The van der Waals surface area contributed by atoms with Crippen LogP contribution < -0.4 is 9.46 Å². The number of halogens is 5. The van der Waals surface area contributed by atoms with Gasteiger partial charge in [-0.3, -0.25) is 9.69 Å². The monoisotopic (exact) mass is 575 g/mol. The Morgan fingerprint density at radius 1 is 1.16 bits per heavy atom. The number of aromatic nitrogens is 1. The number of carbonyl (C=O) groups excluding carboxylic acids is 1. The molecule has 3 aliphatic rings. The number of carbonyl (C=O) groups is 1. The van der Waals surface area contributed by atoms with E-state index in [1.807, 2.05) is 4.72 Å². The zero-order chi connectivity index (χ0) is 27.4. The first-order chi connectivity index (χ1) is 17.8. The molecule has 2 saturated heterocycles. The fourth-order valence-electron chi connectivity index (χ4n) is 5.54. The Morgan fingerprint density at radius 3 is 2.37 bits per heavy atom. The van der Waals surface area contributed by atoms with E-state index in [2.05, 4.69) is 9.88 Å². The molecular formula is C25H26ClF4N3O4S. The van der Waals surface area contributed by atoms with Gasteiger partial charge in [0.2, 0.25) is 15.9 Å². The Labute approximate surface area is 222 Å². The highest BCUT2D eigenvalue weighted by molar-refractivity contribution is 7.89. The van der Waals surface area contributed by atoms with Crippen LogP contribution in [0.15, 0.2) is 24.4 Å². The van der Waals surface area contributed by atoms with Crippen LogP contribution in [-0.2, 0) is 22.7 Å². The summed E-state index contributed by atoms with van der Waals surface area (Å²) < 4.78 is 84.3.